The summed E-state index contributed by atoms with van der Waals surface area (Å²) in [4.78, 5) is 0. The molecule has 1 radical (unpaired) electrons. The van der Waals surface area contributed by atoms with Crippen molar-refractivity contribution in [2.45, 2.75) is 31.9 Å². The van der Waals surface area contributed by atoms with Crippen molar-refractivity contribution in [3.63, 3.8) is 0 Å². The van der Waals surface area contributed by atoms with Crippen molar-refractivity contribution < 1.29 is 13.9 Å². The van der Waals surface area contributed by atoms with Crippen LogP contribution in [0.5, 0.6) is 5.88 Å². The fraction of sp³-hybridized carbons (Fsp3) is 0.438. The van der Waals surface area contributed by atoms with Gasteiger partial charge in [0.25, 0.3) is 0 Å². The maximum absolute atomic E-state index is 13.1. The topological polar surface area (TPSA) is 36.3 Å². The van der Waals surface area contributed by atoms with Crippen molar-refractivity contribution in [1.29, 1.82) is 0 Å². The summed E-state index contributed by atoms with van der Waals surface area (Å²) in [7, 11) is 0. The zero-order chi connectivity index (χ0) is 14.5. The number of hydrogen-bond donors (Lipinski definition) is 0. The summed E-state index contributed by atoms with van der Waals surface area (Å²) in [6.07, 6.45) is 5.34. The molecular formula is C16H18FN2O2. The van der Waals surface area contributed by atoms with Crippen LogP contribution in [-0.4, -0.2) is 23.0 Å². The first kappa shape index (κ1) is 14.1. The van der Waals surface area contributed by atoms with Crippen LogP contribution in [0.15, 0.2) is 30.5 Å². The lowest BCUT2D eigenvalue weighted by atomic mass is 10.1. The van der Waals surface area contributed by atoms with E-state index in [0.717, 1.165) is 31.4 Å². The van der Waals surface area contributed by atoms with E-state index in [0.29, 0.717) is 18.9 Å². The van der Waals surface area contributed by atoms with Gasteiger partial charge in [-0.15, -0.1) is 0 Å². The molecule has 0 saturated carbocycles. The molecule has 1 saturated heterocycles. The molecule has 1 aliphatic rings. The Bertz CT molecular complexity index is 579. The minimum atomic E-state index is -0.222. The van der Waals surface area contributed by atoms with Crippen LogP contribution in [-0.2, 0) is 11.2 Å². The minimum absolute atomic E-state index is 0.0610. The molecule has 111 valence electrons. The van der Waals surface area contributed by atoms with Gasteiger partial charge in [0.1, 0.15) is 5.82 Å². The lowest BCUT2D eigenvalue weighted by Gasteiger charge is -2.24. The van der Waals surface area contributed by atoms with Crippen LogP contribution in [0.4, 0.5) is 4.39 Å². The van der Waals surface area contributed by atoms with Crippen LogP contribution in [0, 0.1) is 11.9 Å². The largest absolute Gasteiger partial charge is 0.477 e. The molecule has 5 heteroatoms. The second-order valence-corrected chi connectivity index (χ2v) is 5.09. The molecule has 21 heavy (non-hydrogen) atoms. The summed E-state index contributed by atoms with van der Waals surface area (Å²) in [6, 6.07) is 9.53. The Morgan fingerprint density at radius 2 is 2.38 bits per heavy atom. The average Bonchev–Trinajstić information content (AvgIpc) is 2.97. The third-order valence-corrected chi connectivity index (χ3v) is 3.53. The lowest BCUT2D eigenvalue weighted by Crippen LogP contribution is -2.20. The summed E-state index contributed by atoms with van der Waals surface area (Å²) in [5.74, 6) is 0.359. The molecule has 1 aliphatic heterocycles. The van der Waals surface area contributed by atoms with Gasteiger partial charge < -0.3 is 9.47 Å². The standard InChI is InChI=1S/C16H18FN2O2/c17-14-5-3-4-13(12-14)8-11-21-16-7-9-18-19(16)15-6-1-2-10-20-15/h3-5,9,12,15H,1-2,6,8,10-11H2. The van der Waals surface area contributed by atoms with Crippen molar-refractivity contribution >= 4 is 0 Å². The van der Waals surface area contributed by atoms with E-state index in [9.17, 15) is 4.39 Å². The zero-order valence-corrected chi connectivity index (χ0v) is 11.8. The van der Waals surface area contributed by atoms with E-state index >= 15 is 0 Å². The fourth-order valence-electron chi connectivity index (χ4n) is 2.45. The van der Waals surface area contributed by atoms with Crippen molar-refractivity contribution in [2.75, 3.05) is 13.2 Å². The van der Waals surface area contributed by atoms with Crippen LogP contribution < -0.4 is 4.74 Å². The molecule has 1 fully saturated rings. The van der Waals surface area contributed by atoms with Crippen LogP contribution in [0.25, 0.3) is 0 Å². The Morgan fingerprint density at radius 1 is 1.43 bits per heavy atom. The second-order valence-electron chi connectivity index (χ2n) is 5.09. The minimum Gasteiger partial charge on any atom is -0.477 e. The summed E-state index contributed by atoms with van der Waals surface area (Å²) in [5, 5.41) is 4.23. The summed E-state index contributed by atoms with van der Waals surface area (Å²) in [6.45, 7) is 1.21. The Morgan fingerprint density at radius 3 is 3.19 bits per heavy atom. The molecule has 1 aromatic heterocycles. The van der Waals surface area contributed by atoms with Gasteiger partial charge in [0.15, 0.2) is 6.23 Å². The number of ether oxygens (including phenoxy) is 2. The van der Waals surface area contributed by atoms with E-state index in [1.54, 1.807) is 16.9 Å². The maximum Gasteiger partial charge on any atom is 0.222 e. The van der Waals surface area contributed by atoms with Crippen molar-refractivity contribution in [3.8, 4) is 5.88 Å². The Balaban J connectivity index is 1.57. The van der Waals surface area contributed by atoms with Crippen LogP contribution in [0.2, 0.25) is 0 Å². The molecule has 0 bridgehead atoms. The molecule has 1 atom stereocenters. The van der Waals surface area contributed by atoms with Gasteiger partial charge in [0.05, 0.1) is 18.9 Å². The van der Waals surface area contributed by atoms with Gasteiger partial charge in [-0.1, -0.05) is 12.1 Å². The van der Waals surface area contributed by atoms with E-state index in [2.05, 4.69) is 11.2 Å². The van der Waals surface area contributed by atoms with E-state index in [1.165, 1.54) is 12.1 Å². The lowest BCUT2D eigenvalue weighted by molar-refractivity contribution is -0.0439. The molecule has 0 aliphatic carbocycles. The first-order valence-electron chi connectivity index (χ1n) is 7.27. The van der Waals surface area contributed by atoms with Gasteiger partial charge >= 0.3 is 0 Å². The molecule has 2 aromatic rings. The van der Waals surface area contributed by atoms with Gasteiger partial charge in [-0.2, -0.15) is 5.10 Å². The van der Waals surface area contributed by atoms with Crippen LogP contribution in [0.3, 0.4) is 0 Å². The number of benzene rings is 1. The molecule has 0 N–H and O–H groups in total. The molecular weight excluding hydrogens is 271 g/mol. The normalized spacial score (nSPS) is 18.6. The third kappa shape index (κ3) is 3.61. The van der Waals surface area contributed by atoms with Crippen LogP contribution in [0.1, 0.15) is 31.1 Å². The van der Waals surface area contributed by atoms with Crippen molar-refractivity contribution in [1.82, 2.24) is 9.78 Å². The van der Waals surface area contributed by atoms with E-state index in [-0.39, 0.29) is 12.0 Å². The van der Waals surface area contributed by atoms with Gasteiger partial charge in [0, 0.05) is 13.0 Å². The Hall–Kier alpha value is -1.88. The highest BCUT2D eigenvalue weighted by atomic mass is 19.1. The quantitative estimate of drug-likeness (QED) is 0.848. The first-order chi connectivity index (χ1) is 10.3. The van der Waals surface area contributed by atoms with Gasteiger partial charge in [-0.25, -0.2) is 9.07 Å². The molecule has 4 nitrogen and oxygen atoms in total. The molecule has 1 unspecified atom stereocenters. The average molecular weight is 289 g/mol. The molecule has 0 spiro atoms. The highest BCUT2D eigenvalue weighted by Crippen LogP contribution is 2.25. The summed E-state index contributed by atoms with van der Waals surface area (Å²) >= 11 is 0. The number of nitrogens with zero attached hydrogens (tertiary/aromatic N) is 2. The van der Waals surface area contributed by atoms with Gasteiger partial charge in [0.2, 0.25) is 5.88 Å². The van der Waals surface area contributed by atoms with E-state index < -0.39 is 0 Å². The maximum atomic E-state index is 13.1. The molecule has 1 aromatic carbocycles. The van der Waals surface area contributed by atoms with Crippen molar-refractivity contribution in [2.24, 2.45) is 0 Å². The first-order valence-corrected chi connectivity index (χ1v) is 7.27. The predicted octanol–water partition coefficient (Wildman–Crippen LogP) is 3.14. The fourth-order valence-corrected chi connectivity index (χ4v) is 2.45. The smallest absolute Gasteiger partial charge is 0.222 e. The van der Waals surface area contributed by atoms with Gasteiger partial charge in [-0.05, 0) is 37.0 Å². The Labute approximate surface area is 123 Å². The number of aromatic nitrogens is 2. The summed E-state index contributed by atoms with van der Waals surface area (Å²) < 4.78 is 26.2. The Kier molecular flexibility index (Phi) is 4.50. The number of rotatable bonds is 5. The van der Waals surface area contributed by atoms with E-state index in [4.69, 9.17) is 9.47 Å². The zero-order valence-electron chi connectivity index (χ0n) is 11.8. The summed E-state index contributed by atoms with van der Waals surface area (Å²) in [5.41, 5.74) is 0.912. The highest BCUT2D eigenvalue weighted by molar-refractivity contribution is 5.16. The highest BCUT2D eigenvalue weighted by Gasteiger charge is 2.19. The second kappa shape index (κ2) is 6.72. The molecule has 3 rings (SSSR count). The third-order valence-electron chi connectivity index (χ3n) is 3.53. The van der Waals surface area contributed by atoms with Gasteiger partial charge in [-0.3, -0.25) is 0 Å². The SMILES string of the molecule is Fc1cccc(CCOc2[c]cnn2C2CCCCO2)c1. The number of hydrogen-bond acceptors (Lipinski definition) is 3. The van der Waals surface area contributed by atoms with Crippen LogP contribution >= 0.6 is 0 Å². The monoisotopic (exact) mass is 289 g/mol. The predicted molar refractivity (Wildman–Crippen MR) is 75.5 cm³/mol. The molecule has 0 amide bonds. The number of halogens is 1. The van der Waals surface area contributed by atoms with Crippen molar-refractivity contribution in [3.05, 3.63) is 47.9 Å². The molecule has 2 heterocycles. The van der Waals surface area contributed by atoms with E-state index in [1.807, 2.05) is 6.07 Å².